The molecule has 0 bridgehead atoms. The summed E-state index contributed by atoms with van der Waals surface area (Å²) >= 11 is 0. The number of ether oxygens (including phenoxy) is 2. The van der Waals surface area contributed by atoms with E-state index in [9.17, 15) is 28.1 Å². The van der Waals surface area contributed by atoms with E-state index in [2.05, 4.69) is 4.74 Å². The molecule has 1 rings (SSSR count). The molecule has 1 aromatic rings. The number of alkyl halides is 3. The molecular formula is C10H8F3NO5. The number of nitro groups is 1. The van der Waals surface area contributed by atoms with Crippen molar-refractivity contribution in [2.45, 2.75) is 6.18 Å². The average molecular weight is 279 g/mol. The summed E-state index contributed by atoms with van der Waals surface area (Å²) in [4.78, 5) is 20.4. The fourth-order valence-electron chi connectivity index (χ4n) is 1.14. The summed E-state index contributed by atoms with van der Waals surface area (Å²) in [7, 11) is 0. The van der Waals surface area contributed by atoms with Gasteiger partial charge in [0.05, 0.1) is 10.5 Å². The van der Waals surface area contributed by atoms with Crippen molar-refractivity contribution in [3.05, 3.63) is 33.9 Å². The number of benzene rings is 1. The Hall–Kier alpha value is -2.16. The highest BCUT2D eigenvalue weighted by molar-refractivity contribution is 5.80. The first-order valence-electron chi connectivity index (χ1n) is 4.84. The molecule has 0 heterocycles. The maximum absolute atomic E-state index is 11.8. The van der Waals surface area contributed by atoms with Crippen molar-refractivity contribution in [3.8, 4) is 5.75 Å². The highest BCUT2D eigenvalue weighted by atomic mass is 19.4. The zero-order valence-electron chi connectivity index (χ0n) is 9.35. The summed E-state index contributed by atoms with van der Waals surface area (Å²) in [6.45, 7) is -2.21. The van der Waals surface area contributed by atoms with Crippen molar-refractivity contribution >= 4 is 12.0 Å². The number of carbonyl (C=O) groups is 1. The third kappa shape index (κ3) is 4.92. The second-order valence-corrected chi connectivity index (χ2v) is 3.32. The molecule has 0 aliphatic carbocycles. The summed E-state index contributed by atoms with van der Waals surface area (Å²) in [6, 6.07) is 3.12. The topological polar surface area (TPSA) is 78.7 Å². The number of hydrogen-bond donors (Lipinski definition) is 0. The molecule has 0 aliphatic heterocycles. The molecule has 0 unspecified atom stereocenters. The Balaban J connectivity index is 2.63. The molecule has 0 amide bonds. The molecule has 9 heteroatoms. The lowest BCUT2D eigenvalue weighted by Crippen LogP contribution is -2.19. The van der Waals surface area contributed by atoms with Crippen LogP contribution in [0.2, 0.25) is 0 Å². The highest BCUT2D eigenvalue weighted by Crippen LogP contribution is 2.23. The smallest absolute Gasteiger partial charge is 0.411 e. The predicted octanol–water partition coefficient (Wildman–Crippen LogP) is 2.32. The van der Waals surface area contributed by atoms with Gasteiger partial charge in [0, 0.05) is 12.1 Å². The second-order valence-electron chi connectivity index (χ2n) is 3.32. The molecule has 6 nitrogen and oxygen atoms in total. The van der Waals surface area contributed by atoms with Gasteiger partial charge in [0.2, 0.25) is 0 Å². The van der Waals surface area contributed by atoms with Gasteiger partial charge in [-0.25, -0.2) is 0 Å². The van der Waals surface area contributed by atoms with Crippen molar-refractivity contribution in [1.29, 1.82) is 0 Å². The summed E-state index contributed by atoms with van der Waals surface area (Å²) in [5.74, 6) is -0.0947. The van der Waals surface area contributed by atoms with Gasteiger partial charge in [-0.2, -0.15) is 13.2 Å². The zero-order valence-corrected chi connectivity index (χ0v) is 9.35. The third-order valence-corrected chi connectivity index (χ3v) is 1.89. The van der Waals surface area contributed by atoms with Crippen LogP contribution in [0.15, 0.2) is 18.2 Å². The van der Waals surface area contributed by atoms with Crippen LogP contribution in [0.1, 0.15) is 10.4 Å². The van der Waals surface area contributed by atoms with Gasteiger partial charge in [0.15, 0.2) is 13.1 Å². The van der Waals surface area contributed by atoms with Crippen LogP contribution in [0.25, 0.3) is 0 Å². The number of non-ortho nitro benzene ring substituents is 1. The molecule has 0 saturated carbocycles. The van der Waals surface area contributed by atoms with E-state index in [1.54, 1.807) is 0 Å². The maximum atomic E-state index is 11.8. The normalized spacial score (nSPS) is 11.1. The standard InChI is InChI=1S/C10H8F3NO5/c11-10(12,13)5-18-6-19-9-2-1-8(14(16)17)3-7(9)4-15/h1-4H,5-6H2. The van der Waals surface area contributed by atoms with Crippen molar-refractivity contribution in [2.75, 3.05) is 13.4 Å². The summed E-state index contributed by atoms with van der Waals surface area (Å²) in [5, 5.41) is 10.5. The van der Waals surface area contributed by atoms with E-state index in [-0.39, 0.29) is 17.0 Å². The quantitative estimate of drug-likeness (QED) is 0.262. The number of hydrogen-bond acceptors (Lipinski definition) is 5. The van der Waals surface area contributed by atoms with Gasteiger partial charge in [-0.05, 0) is 6.07 Å². The van der Waals surface area contributed by atoms with E-state index in [1.807, 2.05) is 0 Å². The first kappa shape index (κ1) is 14.9. The molecule has 0 N–H and O–H groups in total. The maximum Gasteiger partial charge on any atom is 0.411 e. The predicted molar refractivity (Wildman–Crippen MR) is 56.0 cm³/mol. The van der Waals surface area contributed by atoms with Crippen molar-refractivity contribution in [3.63, 3.8) is 0 Å². The van der Waals surface area contributed by atoms with Crippen molar-refractivity contribution in [1.82, 2.24) is 0 Å². The van der Waals surface area contributed by atoms with Gasteiger partial charge in [-0.3, -0.25) is 14.9 Å². The number of carbonyl (C=O) groups excluding carboxylic acids is 1. The van der Waals surface area contributed by atoms with Crippen LogP contribution in [0.3, 0.4) is 0 Å². The van der Waals surface area contributed by atoms with E-state index in [0.717, 1.165) is 18.2 Å². The molecule has 0 radical (unpaired) electrons. The van der Waals surface area contributed by atoms with Crippen LogP contribution < -0.4 is 4.74 Å². The van der Waals surface area contributed by atoms with E-state index >= 15 is 0 Å². The lowest BCUT2D eigenvalue weighted by Gasteiger charge is -2.10. The molecule has 0 atom stereocenters. The molecular weight excluding hydrogens is 271 g/mol. The number of aldehydes is 1. The Bertz CT molecular complexity index is 475. The highest BCUT2D eigenvalue weighted by Gasteiger charge is 2.27. The van der Waals surface area contributed by atoms with E-state index < -0.39 is 24.5 Å². The minimum Gasteiger partial charge on any atom is -0.467 e. The molecule has 1 aromatic carbocycles. The first-order valence-corrected chi connectivity index (χ1v) is 4.84. The van der Waals surface area contributed by atoms with Crippen LogP contribution in [0.4, 0.5) is 18.9 Å². The Labute approximate surface area is 104 Å². The number of halogens is 3. The third-order valence-electron chi connectivity index (χ3n) is 1.89. The minimum absolute atomic E-state index is 0.0947. The fraction of sp³-hybridized carbons (Fsp3) is 0.300. The largest absolute Gasteiger partial charge is 0.467 e. The lowest BCUT2D eigenvalue weighted by molar-refractivity contribution is -0.384. The summed E-state index contributed by atoms with van der Waals surface area (Å²) in [6.07, 6.45) is -4.18. The van der Waals surface area contributed by atoms with Crippen LogP contribution in [-0.2, 0) is 4.74 Å². The Morgan fingerprint density at radius 2 is 2.05 bits per heavy atom. The average Bonchev–Trinajstić information content (AvgIpc) is 2.33. The Morgan fingerprint density at radius 1 is 1.37 bits per heavy atom. The second kappa shape index (κ2) is 6.14. The van der Waals surface area contributed by atoms with E-state index in [1.165, 1.54) is 0 Å². The van der Waals surface area contributed by atoms with Gasteiger partial charge in [0.1, 0.15) is 12.4 Å². The zero-order chi connectivity index (χ0) is 14.5. The van der Waals surface area contributed by atoms with Crippen LogP contribution >= 0.6 is 0 Å². The van der Waals surface area contributed by atoms with Crippen molar-refractivity contribution in [2.24, 2.45) is 0 Å². The van der Waals surface area contributed by atoms with E-state index in [4.69, 9.17) is 4.74 Å². The van der Waals surface area contributed by atoms with Crippen LogP contribution in [-0.4, -0.2) is 30.8 Å². The summed E-state index contributed by atoms with van der Waals surface area (Å²) < 4.78 is 44.2. The molecule has 104 valence electrons. The molecule has 0 fully saturated rings. The van der Waals surface area contributed by atoms with Gasteiger partial charge < -0.3 is 9.47 Å². The molecule has 0 spiro atoms. The SMILES string of the molecule is O=Cc1cc([N+](=O)[O-])ccc1OCOCC(F)(F)F. The number of nitrogens with zero attached hydrogens (tertiary/aromatic N) is 1. The van der Waals surface area contributed by atoms with Gasteiger partial charge in [-0.1, -0.05) is 0 Å². The Morgan fingerprint density at radius 3 is 2.58 bits per heavy atom. The monoisotopic (exact) mass is 279 g/mol. The van der Waals surface area contributed by atoms with Crippen molar-refractivity contribution < 1.29 is 32.4 Å². The first-order chi connectivity index (χ1) is 8.83. The van der Waals surface area contributed by atoms with Gasteiger partial charge in [-0.15, -0.1) is 0 Å². The molecule has 19 heavy (non-hydrogen) atoms. The number of rotatable bonds is 6. The fourth-order valence-corrected chi connectivity index (χ4v) is 1.14. The lowest BCUT2D eigenvalue weighted by atomic mass is 10.2. The van der Waals surface area contributed by atoms with Crippen LogP contribution in [0.5, 0.6) is 5.75 Å². The van der Waals surface area contributed by atoms with E-state index in [0.29, 0.717) is 6.29 Å². The molecule has 0 aliphatic rings. The van der Waals surface area contributed by atoms with Gasteiger partial charge >= 0.3 is 6.18 Å². The van der Waals surface area contributed by atoms with Crippen LogP contribution in [0, 0.1) is 10.1 Å². The minimum atomic E-state index is -4.48. The van der Waals surface area contributed by atoms with Gasteiger partial charge in [0.25, 0.3) is 5.69 Å². The molecule has 0 saturated heterocycles. The summed E-state index contributed by atoms with van der Waals surface area (Å²) in [5.41, 5.74) is -0.476. The Kier molecular flexibility index (Phi) is 4.81. The number of nitro benzene ring substituents is 1. The molecule has 0 aromatic heterocycles.